The molecule has 190 valence electrons. The first-order valence-corrected chi connectivity index (χ1v) is 12.0. The summed E-state index contributed by atoms with van der Waals surface area (Å²) in [6.07, 6.45) is -5.02. The van der Waals surface area contributed by atoms with Gasteiger partial charge in [0.1, 0.15) is 6.10 Å². The molecule has 3 aromatic carbocycles. The van der Waals surface area contributed by atoms with Crippen LogP contribution in [0.2, 0.25) is 0 Å². The van der Waals surface area contributed by atoms with Crippen LogP contribution in [0.15, 0.2) is 78.9 Å². The molecular weight excluding hydrogens is 467 g/mol. The van der Waals surface area contributed by atoms with Crippen LogP contribution in [0.4, 0.5) is 23.7 Å². The lowest BCUT2D eigenvalue weighted by atomic mass is 9.99. The van der Waals surface area contributed by atoms with Crippen molar-refractivity contribution in [2.75, 3.05) is 44.6 Å². The monoisotopic (exact) mass is 497 g/mol. The predicted molar refractivity (Wildman–Crippen MR) is 134 cm³/mol. The molecule has 4 rings (SSSR count). The van der Waals surface area contributed by atoms with Crippen molar-refractivity contribution in [3.63, 3.8) is 0 Å². The average molecular weight is 498 g/mol. The number of halogens is 3. The molecule has 1 aliphatic rings. The van der Waals surface area contributed by atoms with Gasteiger partial charge in [-0.15, -0.1) is 0 Å². The first kappa shape index (κ1) is 25.7. The number of benzene rings is 3. The van der Waals surface area contributed by atoms with Crippen molar-refractivity contribution in [3.8, 4) is 0 Å². The van der Waals surface area contributed by atoms with E-state index in [0.717, 1.165) is 28.9 Å². The van der Waals surface area contributed by atoms with E-state index in [1.165, 1.54) is 6.07 Å². The number of hydrogen-bond acceptors (Lipinski definition) is 3. The summed E-state index contributed by atoms with van der Waals surface area (Å²) in [5.41, 5.74) is 2.43. The van der Waals surface area contributed by atoms with Gasteiger partial charge in [-0.1, -0.05) is 54.6 Å². The van der Waals surface area contributed by atoms with Gasteiger partial charge in [-0.25, -0.2) is 4.79 Å². The quantitative estimate of drug-likeness (QED) is 0.438. The van der Waals surface area contributed by atoms with Crippen LogP contribution in [0.1, 0.15) is 28.4 Å². The lowest BCUT2D eigenvalue weighted by Gasteiger charge is -2.35. The Morgan fingerprint density at radius 1 is 0.917 bits per heavy atom. The second-order valence-electron chi connectivity index (χ2n) is 8.91. The third-order valence-corrected chi connectivity index (χ3v) is 6.24. The molecule has 2 amide bonds. The highest BCUT2D eigenvalue weighted by Crippen LogP contribution is 2.33. The minimum atomic E-state index is -4.41. The van der Waals surface area contributed by atoms with Crippen LogP contribution in [0.3, 0.4) is 0 Å². The molecule has 0 radical (unpaired) electrons. The third kappa shape index (κ3) is 6.86. The zero-order valence-electron chi connectivity index (χ0n) is 20.2. The number of amides is 2. The Hall–Kier alpha value is -3.36. The second-order valence-corrected chi connectivity index (χ2v) is 8.91. The Morgan fingerprint density at radius 2 is 1.61 bits per heavy atom. The summed E-state index contributed by atoms with van der Waals surface area (Å²) in [6.45, 7) is 5.53. The van der Waals surface area contributed by atoms with Gasteiger partial charge in [-0.2, -0.15) is 13.2 Å². The van der Waals surface area contributed by atoms with Crippen molar-refractivity contribution in [1.82, 2.24) is 9.80 Å². The standard InChI is InChI=1S/C28H30F3N3O2/c1-21-7-5-12-25(19-21)32-27(35)34-15-13-33(14-16-34)17-18-36-26(22-8-3-2-4-9-22)23-10-6-11-24(20-23)28(29,30)31/h2-12,19-20,26H,13-18H2,1H3,(H,32,35)/t26-/m0/s1. The van der Waals surface area contributed by atoms with Gasteiger partial charge in [0.15, 0.2) is 0 Å². The number of alkyl halides is 3. The SMILES string of the molecule is Cc1cccc(NC(=O)N2CCN(CCO[C@@H](c3ccccc3)c3cccc(C(F)(F)F)c3)CC2)c1. The number of carbonyl (C=O) groups is 1. The summed E-state index contributed by atoms with van der Waals surface area (Å²) in [6, 6.07) is 22.1. The van der Waals surface area contributed by atoms with Crippen LogP contribution < -0.4 is 5.32 Å². The highest BCUT2D eigenvalue weighted by atomic mass is 19.4. The molecule has 1 atom stereocenters. The van der Waals surface area contributed by atoms with Gasteiger partial charge in [-0.05, 0) is 47.9 Å². The van der Waals surface area contributed by atoms with Gasteiger partial charge in [0.25, 0.3) is 0 Å². The van der Waals surface area contributed by atoms with E-state index < -0.39 is 17.8 Å². The number of hydrogen-bond donors (Lipinski definition) is 1. The van der Waals surface area contributed by atoms with Crippen LogP contribution in [-0.2, 0) is 10.9 Å². The van der Waals surface area contributed by atoms with Crippen molar-refractivity contribution >= 4 is 11.7 Å². The van der Waals surface area contributed by atoms with E-state index in [1.54, 1.807) is 11.0 Å². The molecule has 36 heavy (non-hydrogen) atoms. The topological polar surface area (TPSA) is 44.8 Å². The van der Waals surface area contributed by atoms with Gasteiger partial charge in [0, 0.05) is 38.4 Å². The van der Waals surface area contributed by atoms with E-state index in [4.69, 9.17) is 4.74 Å². The van der Waals surface area contributed by atoms with Gasteiger partial charge < -0.3 is 15.0 Å². The first-order chi connectivity index (χ1) is 17.3. The van der Waals surface area contributed by atoms with Crippen molar-refractivity contribution in [1.29, 1.82) is 0 Å². The number of piperazine rings is 1. The number of nitrogens with zero attached hydrogens (tertiary/aromatic N) is 2. The zero-order valence-corrected chi connectivity index (χ0v) is 20.2. The summed E-state index contributed by atoms with van der Waals surface area (Å²) in [5.74, 6) is 0. The lowest BCUT2D eigenvalue weighted by molar-refractivity contribution is -0.137. The first-order valence-electron chi connectivity index (χ1n) is 12.0. The molecule has 1 saturated heterocycles. The summed E-state index contributed by atoms with van der Waals surface area (Å²) in [5, 5.41) is 2.94. The fraction of sp³-hybridized carbons (Fsp3) is 0.321. The Labute approximate surface area is 209 Å². The second kappa shape index (κ2) is 11.6. The Bertz CT molecular complexity index is 1150. The average Bonchev–Trinajstić information content (AvgIpc) is 2.87. The summed E-state index contributed by atoms with van der Waals surface area (Å²) in [7, 11) is 0. The van der Waals surface area contributed by atoms with Crippen molar-refractivity contribution < 1.29 is 22.7 Å². The zero-order chi connectivity index (χ0) is 25.5. The van der Waals surface area contributed by atoms with E-state index >= 15 is 0 Å². The van der Waals surface area contributed by atoms with Crippen LogP contribution in [0, 0.1) is 6.92 Å². The number of aryl methyl sites for hydroxylation is 1. The number of ether oxygens (including phenoxy) is 1. The molecule has 0 aliphatic carbocycles. The molecule has 8 heteroatoms. The highest BCUT2D eigenvalue weighted by Gasteiger charge is 2.31. The fourth-order valence-electron chi connectivity index (χ4n) is 4.29. The largest absolute Gasteiger partial charge is 0.416 e. The van der Waals surface area contributed by atoms with Gasteiger partial charge in [0.05, 0.1) is 12.2 Å². The molecule has 1 aliphatic heterocycles. The summed E-state index contributed by atoms with van der Waals surface area (Å²) < 4.78 is 46.0. The van der Waals surface area contributed by atoms with Crippen LogP contribution in [0.5, 0.6) is 0 Å². The van der Waals surface area contributed by atoms with Crippen molar-refractivity contribution in [2.45, 2.75) is 19.2 Å². The molecule has 1 heterocycles. The highest BCUT2D eigenvalue weighted by molar-refractivity contribution is 5.89. The molecule has 0 aromatic heterocycles. The van der Waals surface area contributed by atoms with Crippen molar-refractivity contribution in [2.24, 2.45) is 0 Å². The maximum Gasteiger partial charge on any atom is 0.416 e. The van der Waals surface area contributed by atoms with E-state index in [1.807, 2.05) is 61.5 Å². The summed E-state index contributed by atoms with van der Waals surface area (Å²) in [4.78, 5) is 16.6. The molecule has 0 bridgehead atoms. The number of anilines is 1. The van der Waals surface area contributed by atoms with Crippen LogP contribution in [0.25, 0.3) is 0 Å². The Balaban J connectivity index is 1.32. The maximum absolute atomic E-state index is 13.3. The molecular formula is C28H30F3N3O2. The number of nitrogens with one attached hydrogen (secondary N) is 1. The number of rotatable bonds is 7. The summed E-state index contributed by atoms with van der Waals surface area (Å²) >= 11 is 0. The smallest absolute Gasteiger partial charge is 0.367 e. The lowest BCUT2D eigenvalue weighted by Crippen LogP contribution is -2.50. The molecule has 0 spiro atoms. The minimum absolute atomic E-state index is 0.120. The van der Waals surface area contributed by atoms with Crippen LogP contribution in [-0.4, -0.2) is 55.2 Å². The van der Waals surface area contributed by atoms with Crippen LogP contribution >= 0.6 is 0 Å². The Kier molecular flexibility index (Phi) is 8.28. The molecule has 3 aromatic rings. The minimum Gasteiger partial charge on any atom is -0.367 e. The number of carbonyl (C=O) groups excluding carboxylic acids is 1. The van der Waals surface area contributed by atoms with Gasteiger partial charge in [-0.3, -0.25) is 4.90 Å². The van der Waals surface area contributed by atoms with Gasteiger partial charge in [0.2, 0.25) is 0 Å². The Morgan fingerprint density at radius 3 is 2.31 bits per heavy atom. The normalized spacial score (nSPS) is 15.5. The maximum atomic E-state index is 13.3. The predicted octanol–water partition coefficient (Wildman–Crippen LogP) is 5.97. The van der Waals surface area contributed by atoms with E-state index in [-0.39, 0.29) is 6.03 Å². The fourth-order valence-corrected chi connectivity index (χ4v) is 4.29. The number of urea groups is 1. The molecule has 1 N–H and O–H groups in total. The van der Waals surface area contributed by atoms with Gasteiger partial charge >= 0.3 is 12.2 Å². The molecule has 0 unspecified atom stereocenters. The third-order valence-electron chi connectivity index (χ3n) is 6.24. The van der Waals surface area contributed by atoms with E-state index in [0.29, 0.717) is 44.9 Å². The van der Waals surface area contributed by atoms with E-state index in [9.17, 15) is 18.0 Å². The van der Waals surface area contributed by atoms with E-state index in [2.05, 4.69) is 10.2 Å². The molecule has 5 nitrogen and oxygen atoms in total. The van der Waals surface area contributed by atoms with Crippen molar-refractivity contribution in [3.05, 3.63) is 101 Å². The molecule has 0 saturated carbocycles. The molecule has 1 fully saturated rings.